The number of ether oxygens (including phenoxy) is 2. The third-order valence-corrected chi connectivity index (χ3v) is 6.48. The summed E-state index contributed by atoms with van der Waals surface area (Å²) in [4.78, 5) is 28.0. The van der Waals surface area contributed by atoms with E-state index in [4.69, 9.17) is 9.47 Å². The number of rotatable bonds is 9. The van der Waals surface area contributed by atoms with Crippen molar-refractivity contribution in [2.24, 2.45) is 0 Å². The molecule has 5 rings (SSSR count). The highest BCUT2D eigenvalue weighted by Gasteiger charge is 2.27. The number of anilines is 2. The van der Waals surface area contributed by atoms with Crippen molar-refractivity contribution in [3.63, 3.8) is 0 Å². The van der Waals surface area contributed by atoms with Crippen molar-refractivity contribution < 1.29 is 19.1 Å². The fourth-order valence-corrected chi connectivity index (χ4v) is 4.64. The molecule has 6 heteroatoms. The molecule has 192 valence electrons. The first-order valence-electron chi connectivity index (χ1n) is 12.8. The lowest BCUT2D eigenvalue weighted by molar-refractivity contribution is -0.121. The highest BCUT2D eigenvalue weighted by molar-refractivity contribution is 6.01. The van der Waals surface area contributed by atoms with Gasteiger partial charge in [-0.05, 0) is 60.4 Å². The van der Waals surface area contributed by atoms with Crippen LogP contribution in [0.2, 0.25) is 0 Å². The third kappa shape index (κ3) is 5.86. The third-order valence-electron chi connectivity index (χ3n) is 6.48. The highest BCUT2D eigenvalue weighted by atomic mass is 16.5. The Kier molecular flexibility index (Phi) is 7.69. The molecule has 2 amide bonds. The molecule has 0 aromatic heterocycles. The summed E-state index contributed by atoms with van der Waals surface area (Å²) in [6, 6.07) is 32.7. The first-order valence-corrected chi connectivity index (χ1v) is 12.8. The Morgan fingerprint density at radius 2 is 1.63 bits per heavy atom. The molecule has 0 saturated carbocycles. The van der Waals surface area contributed by atoms with Crippen LogP contribution in [-0.4, -0.2) is 31.6 Å². The summed E-state index contributed by atoms with van der Waals surface area (Å²) in [5.74, 6) is 0.688. The normalized spacial score (nSPS) is 12.6. The number of hydrogen-bond donors (Lipinski definition) is 1. The quantitative estimate of drug-likeness (QED) is 0.285. The van der Waals surface area contributed by atoms with E-state index in [1.807, 2.05) is 91.9 Å². The summed E-state index contributed by atoms with van der Waals surface area (Å²) in [6.45, 7) is 2.97. The first-order chi connectivity index (χ1) is 18.6. The average Bonchev–Trinajstić information content (AvgIpc) is 2.93. The van der Waals surface area contributed by atoms with Crippen molar-refractivity contribution in [1.29, 1.82) is 0 Å². The van der Waals surface area contributed by atoms with Crippen LogP contribution in [0.3, 0.4) is 0 Å². The lowest BCUT2D eigenvalue weighted by Crippen LogP contribution is -2.40. The Morgan fingerprint density at radius 1 is 0.921 bits per heavy atom. The zero-order valence-corrected chi connectivity index (χ0v) is 21.3. The van der Waals surface area contributed by atoms with Gasteiger partial charge in [0.05, 0.1) is 18.2 Å². The molecule has 0 spiro atoms. The van der Waals surface area contributed by atoms with Gasteiger partial charge in [0.2, 0.25) is 5.91 Å². The molecular weight excluding hydrogens is 476 g/mol. The van der Waals surface area contributed by atoms with Gasteiger partial charge in [0, 0.05) is 12.2 Å². The van der Waals surface area contributed by atoms with Crippen LogP contribution in [0.15, 0.2) is 103 Å². The van der Waals surface area contributed by atoms with E-state index in [0.29, 0.717) is 36.7 Å². The molecule has 0 aliphatic carbocycles. The SMILES string of the molecule is Cc1cccc(OCCCN2C(=O)COc3ccc(NC(=O)C(c4ccccc4)c4ccccc4)cc32)c1. The van der Waals surface area contributed by atoms with Crippen molar-refractivity contribution in [2.75, 3.05) is 30.0 Å². The molecule has 1 aliphatic rings. The Hall–Kier alpha value is -4.58. The average molecular weight is 507 g/mol. The summed E-state index contributed by atoms with van der Waals surface area (Å²) in [5.41, 5.74) is 4.19. The molecule has 4 aromatic carbocycles. The first kappa shape index (κ1) is 25.1. The molecule has 0 unspecified atom stereocenters. The van der Waals surface area contributed by atoms with E-state index in [1.54, 1.807) is 23.1 Å². The number of fused-ring (bicyclic) bond motifs is 1. The van der Waals surface area contributed by atoms with Crippen molar-refractivity contribution in [3.05, 3.63) is 120 Å². The number of carbonyl (C=O) groups is 2. The van der Waals surface area contributed by atoms with Gasteiger partial charge in [0.1, 0.15) is 11.5 Å². The monoisotopic (exact) mass is 506 g/mol. The van der Waals surface area contributed by atoms with Crippen LogP contribution in [0.1, 0.15) is 29.0 Å². The number of carbonyl (C=O) groups excluding carboxylic acids is 2. The summed E-state index contributed by atoms with van der Waals surface area (Å²) < 4.78 is 11.5. The van der Waals surface area contributed by atoms with E-state index in [0.717, 1.165) is 22.4 Å². The second-order valence-electron chi connectivity index (χ2n) is 9.28. The number of benzene rings is 4. The summed E-state index contributed by atoms with van der Waals surface area (Å²) in [6.07, 6.45) is 0.653. The van der Waals surface area contributed by atoms with E-state index in [9.17, 15) is 9.59 Å². The van der Waals surface area contributed by atoms with E-state index < -0.39 is 5.92 Å². The van der Waals surface area contributed by atoms with E-state index in [2.05, 4.69) is 5.32 Å². The van der Waals surface area contributed by atoms with Crippen LogP contribution < -0.4 is 19.7 Å². The second kappa shape index (κ2) is 11.6. The van der Waals surface area contributed by atoms with Crippen LogP contribution in [0.4, 0.5) is 11.4 Å². The van der Waals surface area contributed by atoms with Crippen LogP contribution in [0.25, 0.3) is 0 Å². The fourth-order valence-electron chi connectivity index (χ4n) is 4.64. The van der Waals surface area contributed by atoms with Gasteiger partial charge in [0.15, 0.2) is 6.61 Å². The predicted molar refractivity (Wildman–Crippen MR) is 149 cm³/mol. The molecule has 4 aromatic rings. The predicted octanol–water partition coefficient (Wildman–Crippen LogP) is 5.96. The van der Waals surface area contributed by atoms with Crippen LogP contribution in [-0.2, 0) is 9.59 Å². The van der Waals surface area contributed by atoms with Crippen LogP contribution >= 0.6 is 0 Å². The minimum atomic E-state index is -0.471. The minimum absolute atomic E-state index is 0.0124. The molecule has 0 atom stereocenters. The van der Waals surface area contributed by atoms with Crippen molar-refractivity contribution in [3.8, 4) is 11.5 Å². The Balaban J connectivity index is 1.31. The lowest BCUT2D eigenvalue weighted by Gasteiger charge is -2.30. The standard InChI is InChI=1S/C32H30N2O4/c1-23-10-8-15-27(20-23)37-19-9-18-34-28-21-26(16-17-29(28)38-22-30(34)35)33-32(36)31(24-11-4-2-5-12-24)25-13-6-3-7-14-25/h2-8,10-17,20-21,31H,9,18-19,22H2,1H3,(H,33,36). The Bertz CT molecular complexity index is 1370. The minimum Gasteiger partial charge on any atom is -0.494 e. The summed E-state index contributed by atoms with van der Waals surface area (Å²) in [5, 5.41) is 3.06. The van der Waals surface area contributed by atoms with Crippen LogP contribution in [0.5, 0.6) is 11.5 Å². The van der Waals surface area contributed by atoms with E-state index in [1.165, 1.54) is 0 Å². The molecule has 0 radical (unpaired) electrons. The molecule has 38 heavy (non-hydrogen) atoms. The maximum atomic E-state index is 13.6. The van der Waals surface area contributed by atoms with Gasteiger partial charge in [-0.1, -0.05) is 72.8 Å². The zero-order chi connectivity index (χ0) is 26.3. The zero-order valence-electron chi connectivity index (χ0n) is 21.3. The van der Waals surface area contributed by atoms with Crippen molar-refractivity contribution in [1.82, 2.24) is 0 Å². The molecule has 0 fully saturated rings. The fraction of sp³-hybridized carbons (Fsp3) is 0.188. The number of amides is 2. The highest BCUT2D eigenvalue weighted by Crippen LogP contribution is 2.35. The molecule has 1 heterocycles. The Morgan fingerprint density at radius 3 is 2.32 bits per heavy atom. The van der Waals surface area contributed by atoms with Crippen LogP contribution in [0, 0.1) is 6.92 Å². The number of nitrogens with one attached hydrogen (secondary N) is 1. The van der Waals surface area contributed by atoms with Gasteiger partial charge in [0.25, 0.3) is 5.91 Å². The maximum absolute atomic E-state index is 13.6. The molecule has 1 N–H and O–H groups in total. The van der Waals surface area contributed by atoms with Gasteiger partial charge in [-0.2, -0.15) is 0 Å². The van der Waals surface area contributed by atoms with Crippen molar-refractivity contribution in [2.45, 2.75) is 19.3 Å². The number of hydrogen-bond acceptors (Lipinski definition) is 4. The molecular formula is C32H30N2O4. The van der Waals surface area contributed by atoms with Gasteiger partial charge < -0.3 is 19.7 Å². The largest absolute Gasteiger partial charge is 0.494 e. The maximum Gasteiger partial charge on any atom is 0.265 e. The summed E-state index contributed by atoms with van der Waals surface area (Å²) in [7, 11) is 0. The molecule has 6 nitrogen and oxygen atoms in total. The summed E-state index contributed by atoms with van der Waals surface area (Å²) >= 11 is 0. The number of aryl methyl sites for hydroxylation is 1. The van der Waals surface area contributed by atoms with Gasteiger partial charge >= 0.3 is 0 Å². The molecule has 0 saturated heterocycles. The topological polar surface area (TPSA) is 67.9 Å². The Labute approximate surface area is 222 Å². The lowest BCUT2D eigenvalue weighted by atomic mass is 9.90. The smallest absolute Gasteiger partial charge is 0.265 e. The van der Waals surface area contributed by atoms with E-state index >= 15 is 0 Å². The van der Waals surface area contributed by atoms with Gasteiger partial charge in [-0.3, -0.25) is 9.59 Å². The van der Waals surface area contributed by atoms with E-state index in [-0.39, 0.29) is 18.4 Å². The second-order valence-corrected chi connectivity index (χ2v) is 9.28. The molecule has 1 aliphatic heterocycles. The number of nitrogens with zero attached hydrogens (tertiary/aromatic N) is 1. The molecule has 0 bridgehead atoms. The van der Waals surface area contributed by atoms with Gasteiger partial charge in [-0.15, -0.1) is 0 Å². The van der Waals surface area contributed by atoms with Crippen molar-refractivity contribution >= 4 is 23.2 Å². The van der Waals surface area contributed by atoms with Gasteiger partial charge in [-0.25, -0.2) is 0 Å².